The summed E-state index contributed by atoms with van der Waals surface area (Å²) in [5.74, 6) is 0. The number of amides is 1. The van der Waals surface area contributed by atoms with E-state index in [-0.39, 0.29) is 12.1 Å². The lowest BCUT2D eigenvalue weighted by Crippen LogP contribution is -2.45. The first-order chi connectivity index (χ1) is 8.79. The number of aliphatic hydroxyl groups is 1. The fourth-order valence-electron chi connectivity index (χ4n) is 2.27. The van der Waals surface area contributed by atoms with Crippen LogP contribution in [-0.2, 0) is 5.60 Å². The number of likely N-dealkylation sites (tertiary alicyclic amines) is 1. The van der Waals surface area contributed by atoms with Gasteiger partial charge in [0, 0.05) is 12.6 Å². The third kappa shape index (κ3) is 2.86. The minimum atomic E-state index is -1.04. The Morgan fingerprint density at radius 3 is 2.68 bits per heavy atom. The summed E-state index contributed by atoms with van der Waals surface area (Å²) in [7, 11) is 0. The van der Waals surface area contributed by atoms with E-state index >= 15 is 0 Å². The summed E-state index contributed by atoms with van der Waals surface area (Å²) in [5, 5.41) is 27.4. The zero-order chi connectivity index (χ0) is 14.2. The Kier molecular flexibility index (Phi) is 3.49. The van der Waals surface area contributed by atoms with Crippen LogP contribution in [-0.4, -0.2) is 48.8 Å². The Bertz CT molecular complexity index is 466. The van der Waals surface area contributed by atoms with Gasteiger partial charge < -0.3 is 15.1 Å². The van der Waals surface area contributed by atoms with Crippen molar-refractivity contribution in [3.8, 4) is 0 Å². The highest BCUT2D eigenvalue weighted by molar-refractivity contribution is 5.65. The summed E-state index contributed by atoms with van der Waals surface area (Å²) in [6.45, 7) is 5.58. The molecule has 1 aliphatic rings. The molecule has 7 heteroatoms. The lowest BCUT2D eigenvalue weighted by Gasteiger charge is -2.35. The van der Waals surface area contributed by atoms with E-state index in [1.54, 1.807) is 13.8 Å². The number of hydrogen-bond acceptors (Lipinski definition) is 4. The molecule has 7 nitrogen and oxygen atoms in total. The van der Waals surface area contributed by atoms with Crippen LogP contribution in [0.25, 0.3) is 0 Å². The Hall–Kier alpha value is -1.63. The van der Waals surface area contributed by atoms with E-state index < -0.39 is 11.7 Å². The molecule has 2 rings (SSSR count). The summed E-state index contributed by atoms with van der Waals surface area (Å²) in [6, 6.07) is -0.0403. The van der Waals surface area contributed by atoms with Crippen molar-refractivity contribution in [2.24, 2.45) is 0 Å². The first kappa shape index (κ1) is 13.8. The van der Waals surface area contributed by atoms with Gasteiger partial charge in [0.05, 0.1) is 12.2 Å². The molecule has 0 aromatic carbocycles. The van der Waals surface area contributed by atoms with E-state index in [2.05, 4.69) is 10.2 Å². The van der Waals surface area contributed by atoms with Gasteiger partial charge in [-0.1, -0.05) is 0 Å². The maximum atomic E-state index is 11.1. The topological polar surface area (TPSA) is 91.5 Å². The van der Waals surface area contributed by atoms with Gasteiger partial charge in [-0.05, 0) is 33.6 Å². The lowest BCUT2D eigenvalue weighted by molar-refractivity contribution is 0.0697. The summed E-state index contributed by atoms with van der Waals surface area (Å²) in [6.07, 6.45) is 2.25. The Balaban J connectivity index is 2.14. The van der Waals surface area contributed by atoms with Gasteiger partial charge in [0.1, 0.15) is 11.3 Å². The average Bonchev–Trinajstić information content (AvgIpc) is 2.78. The molecule has 2 atom stereocenters. The van der Waals surface area contributed by atoms with Gasteiger partial charge >= 0.3 is 6.09 Å². The molecule has 2 heterocycles. The molecule has 0 bridgehead atoms. The minimum Gasteiger partial charge on any atom is -0.465 e. The number of rotatable bonds is 2. The fourth-order valence-corrected chi connectivity index (χ4v) is 2.27. The number of carbonyl (C=O) groups is 1. The second-order valence-corrected chi connectivity index (χ2v) is 5.62. The average molecular weight is 268 g/mol. The van der Waals surface area contributed by atoms with E-state index in [0.717, 1.165) is 12.8 Å². The van der Waals surface area contributed by atoms with Gasteiger partial charge in [-0.15, -0.1) is 0 Å². The molecule has 1 saturated heterocycles. The standard InChI is InChI=1S/C12H20N4O3/c1-8-4-5-9(7-15(8)11(17)18)16-13-6-10(14-16)12(2,3)19/h6,8-9,19H,4-5,7H2,1-3H3,(H,17,18). The second-order valence-electron chi connectivity index (χ2n) is 5.62. The third-order valence-electron chi connectivity index (χ3n) is 3.56. The van der Waals surface area contributed by atoms with Gasteiger partial charge in [0.15, 0.2) is 0 Å². The SMILES string of the molecule is CC1CCC(n2ncc(C(C)(C)O)n2)CN1C(=O)O. The van der Waals surface area contributed by atoms with Crippen LogP contribution >= 0.6 is 0 Å². The largest absolute Gasteiger partial charge is 0.465 e. The highest BCUT2D eigenvalue weighted by Crippen LogP contribution is 2.25. The number of hydrogen-bond donors (Lipinski definition) is 2. The maximum Gasteiger partial charge on any atom is 0.407 e. The molecule has 1 aromatic rings. The van der Waals surface area contributed by atoms with Crippen LogP contribution in [0.1, 0.15) is 45.3 Å². The predicted molar refractivity (Wildman–Crippen MR) is 67.7 cm³/mol. The fraction of sp³-hybridized carbons (Fsp3) is 0.750. The molecule has 1 aliphatic heterocycles. The van der Waals surface area contributed by atoms with E-state index in [1.807, 2.05) is 6.92 Å². The molecule has 2 N–H and O–H groups in total. The van der Waals surface area contributed by atoms with Crippen LogP contribution < -0.4 is 0 Å². The summed E-state index contributed by atoms with van der Waals surface area (Å²) < 4.78 is 0. The lowest BCUT2D eigenvalue weighted by atomic mass is 10.0. The van der Waals surface area contributed by atoms with Crippen molar-refractivity contribution >= 4 is 6.09 Å². The number of nitrogens with zero attached hydrogens (tertiary/aromatic N) is 4. The predicted octanol–water partition coefficient (Wildman–Crippen LogP) is 1.21. The second kappa shape index (κ2) is 4.80. The molecule has 0 aliphatic carbocycles. The van der Waals surface area contributed by atoms with E-state index in [0.29, 0.717) is 12.2 Å². The molecule has 2 unspecified atom stereocenters. The molecule has 19 heavy (non-hydrogen) atoms. The van der Waals surface area contributed by atoms with Crippen LogP contribution in [0.2, 0.25) is 0 Å². The number of piperidine rings is 1. The van der Waals surface area contributed by atoms with Crippen molar-refractivity contribution in [1.82, 2.24) is 19.9 Å². The maximum absolute atomic E-state index is 11.1. The normalized spacial score (nSPS) is 24.5. The zero-order valence-electron chi connectivity index (χ0n) is 11.4. The number of carboxylic acid groups (broad SMARTS) is 1. The molecule has 0 radical (unpaired) electrons. The van der Waals surface area contributed by atoms with E-state index in [9.17, 15) is 9.90 Å². The van der Waals surface area contributed by atoms with E-state index in [4.69, 9.17) is 5.11 Å². The van der Waals surface area contributed by atoms with Gasteiger partial charge in [-0.25, -0.2) is 4.79 Å². The van der Waals surface area contributed by atoms with Crippen molar-refractivity contribution in [3.05, 3.63) is 11.9 Å². The molecular weight excluding hydrogens is 248 g/mol. The van der Waals surface area contributed by atoms with Crippen LogP contribution in [0.4, 0.5) is 4.79 Å². The van der Waals surface area contributed by atoms with Crippen LogP contribution in [0.3, 0.4) is 0 Å². The highest BCUT2D eigenvalue weighted by Gasteiger charge is 2.31. The van der Waals surface area contributed by atoms with E-state index in [1.165, 1.54) is 15.9 Å². The smallest absolute Gasteiger partial charge is 0.407 e. The monoisotopic (exact) mass is 268 g/mol. The molecule has 106 valence electrons. The minimum absolute atomic E-state index is 0.0260. The van der Waals surface area contributed by atoms with Crippen LogP contribution in [0, 0.1) is 0 Å². The van der Waals surface area contributed by atoms with Crippen LogP contribution in [0.5, 0.6) is 0 Å². The van der Waals surface area contributed by atoms with Crippen LogP contribution in [0.15, 0.2) is 6.20 Å². The first-order valence-corrected chi connectivity index (χ1v) is 6.43. The molecule has 0 saturated carbocycles. The summed E-state index contributed by atoms with van der Waals surface area (Å²) in [4.78, 5) is 14.1. The number of aromatic nitrogens is 3. The summed E-state index contributed by atoms with van der Waals surface area (Å²) >= 11 is 0. The van der Waals surface area contributed by atoms with Crippen molar-refractivity contribution in [2.75, 3.05) is 6.54 Å². The summed E-state index contributed by atoms with van der Waals surface area (Å²) in [5.41, 5.74) is -0.542. The van der Waals surface area contributed by atoms with Crippen molar-refractivity contribution in [2.45, 2.75) is 51.3 Å². The van der Waals surface area contributed by atoms with Gasteiger partial charge in [0.2, 0.25) is 0 Å². The molecule has 1 aromatic heterocycles. The Morgan fingerprint density at radius 2 is 2.16 bits per heavy atom. The van der Waals surface area contributed by atoms with Gasteiger partial charge in [0.25, 0.3) is 0 Å². The first-order valence-electron chi connectivity index (χ1n) is 6.43. The Labute approximate surface area is 111 Å². The molecule has 0 spiro atoms. The molecule has 1 amide bonds. The molecular formula is C12H20N4O3. The molecule has 1 fully saturated rings. The zero-order valence-corrected chi connectivity index (χ0v) is 11.4. The van der Waals surface area contributed by atoms with Crippen molar-refractivity contribution < 1.29 is 15.0 Å². The van der Waals surface area contributed by atoms with Gasteiger partial charge in [-0.3, -0.25) is 0 Å². The van der Waals surface area contributed by atoms with Crippen molar-refractivity contribution in [1.29, 1.82) is 0 Å². The van der Waals surface area contributed by atoms with Gasteiger partial charge in [-0.2, -0.15) is 15.0 Å². The quantitative estimate of drug-likeness (QED) is 0.841. The Morgan fingerprint density at radius 1 is 1.47 bits per heavy atom. The highest BCUT2D eigenvalue weighted by atomic mass is 16.4. The van der Waals surface area contributed by atoms with Crippen molar-refractivity contribution in [3.63, 3.8) is 0 Å². The third-order valence-corrected chi connectivity index (χ3v) is 3.56.